The number of para-hydroxylation sites is 1. The van der Waals surface area contributed by atoms with E-state index in [2.05, 4.69) is 29.8 Å². The summed E-state index contributed by atoms with van der Waals surface area (Å²) in [5.74, 6) is -2.37. The van der Waals surface area contributed by atoms with Gasteiger partial charge in [0.15, 0.2) is 6.61 Å². The number of ether oxygens (including phenoxy) is 1. The molecule has 0 aromatic heterocycles. The number of hydrogen-bond acceptors (Lipinski definition) is 6. The van der Waals surface area contributed by atoms with Crippen LogP contribution in [0.3, 0.4) is 0 Å². The van der Waals surface area contributed by atoms with Crippen molar-refractivity contribution in [2.24, 2.45) is 23.7 Å². The molecule has 0 heterocycles. The lowest BCUT2D eigenvalue weighted by Crippen LogP contribution is -2.50. The SMILES string of the molecule is CC[C@H](C)CNC(=O)[C@@H](C[C@H](O)[C@H](CC(C)C)NC(=O)C[C@H](NC(=O)COc1ccccc1)C(=O)O)C(C)C. The second-order valence-corrected chi connectivity index (χ2v) is 11.0. The van der Waals surface area contributed by atoms with Gasteiger partial charge < -0.3 is 30.9 Å². The second-order valence-electron chi connectivity index (χ2n) is 11.0. The highest BCUT2D eigenvalue weighted by molar-refractivity contribution is 5.89. The summed E-state index contributed by atoms with van der Waals surface area (Å²) in [6.45, 7) is 12.0. The molecule has 1 aromatic carbocycles. The molecular formula is C29H47N3O7. The van der Waals surface area contributed by atoms with E-state index in [1.54, 1.807) is 30.3 Å². The fourth-order valence-corrected chi connectivity index (χ4v) is 4.03. The average molecular weight is 550 g/mol. The summed E-state index contributed by atoms with van der Waals surface area (Å²) in [6, 6.07) is 6.44. The molecule has 0 aliphatic carbocycles. The molecule has 220 valence electrons. The monoisotopic (exact) mass is 549 g/mol. The Morgan fingerprint density at radius 1 is 0.923 bits per heavy atom. The maximum absolute atomic E-state index is 12.8. The van der Waals surface area contributed by atoms with E-state index in [4.69, 9.17) is 4.74 Å². The van der Waals surface area contributed by atoms with Gasteiger partial charge in [-0.1, -0.05) is 66.2 Å². The first-order chi connectivity index (χ1) is 18.3. The summed E-state index contributed by atoms with van der Waals surface area (Å²) in [5, 5.41) is 28.6. The van der Waals surface area contributed by atoms with Gasteiger partial charge in [-0.2, -0.15) is 0 Å². The third-order valence-corrected chi connectivity index (χ3v) is 6.63. The third kappa shape index (κ3) is 13.5. The van der Waals surface area contributed by atoms with E-state index < -0.39 is 54.9 Å². The molecule has 0 aliphatic heterocycles. The Morgan fingerprint density at radius 2 is 1.56 bits per heavy atom. The molecule has 39 heavy (non-hydrogen) atoms. The highest BCUT2D eigenvalue weighted by Gasteiger charge is 2.32. The van der Waals surface area contributed by atoms with Crippen LogP contribution in [0.25, 0.3) is 0 Å². The van der Waals surface area contributed by atoms with Gasteiger partial charge >= 0.3 is 5.97 Å². The lowest BCUT2D eigenvalue weighted by Gasteiger charge is -2.30. The molecule has 0 fully saturated rings. The number of nitrogens with one attached hydrogen (secondary N) is 3. The molecule has 10 nitrogen and oxygen atoms in total. The number of rotatable bonds is 18. The molecule has 1 aromatic rings. The van der Waals surface area contributed by atoms with Gasteiger partial charge in [-0.15, -0.1) is 0 Å². The van der Waals surface area contributed by atoms with Crippen LogP contribution in [-0.2, 0) is 19.2 Å². The van der Waals surface area contributed by atoms with Crippen molar-refractivity contribution in [1.82, 2.24) is 16.0 Å². The van der Waals surface area contributed by atoms with Crippen molar-refractivity contribution in [3.8, 4) is 5.75 Å². The maximum atomic E-state index is 12.8. The summed E-state index contributed by atoms with van der Waals surface area (Å²) < 4.78 is 5.33. The lowest BCUT2D eigenvalue weighted by atomic mass is 9.85. The number of aliphatic hydroxyl groups excluding tert-OH is 1. The van der Waals surface area contributed by atoms with Crippen LogP contribution in [0.4, 0.5) is 0 Å². The van der Waals surface area contributed by atoms with E-state index in [1.807, 2.05) is 27.7 Å². The van der Waals surface area contributed by atoms with Crippen molar-refractivity contribution in [2.75, 3.05) is 13.2 Å². The van der Waals surface area contributed by atoms with Crippen molar-refractivity contribution in [2.45, 2.75) is 85.4 Å². The molecule has 0 bridgehead atoms. The van der Waals surface area contributed by atoms with Gasteiger partial charge in [0.2, 0.25) is 11.8 Å². The number of carbonyl (C=O) groups is 4. The van der Waals surface area contributed by atoms with E-state index in [0.29, 0.717) is 24.6 Å². The standard InChI is InChI=1S/C29H47N3O7/c1-7-20(6)16-30-28(36)22(19(4)5)14-25(33)23(13-18(2)3)31-26(34)15-24(29(37)38)32-27(35)17-39-21-11-9-8-10-12-21/h8-12,18-20,22-25,33H,7,13-17H2,1-6H3,(H,30,36)(H,31,34)(H,32,35)(H,37,38)/t20-,22-,23-,24-,25-/m0/s1. The molecule has 0 saturated heterocycles. The van der Waals surface area contributed by atoms with Gasteiger partial charge in [-0.3, -0.25) is 14.4 Å². The number of amides is 3. The molecular weight excluding hydrogens is 502 g/mol. The number of carboxylic acid groups (broad SMARTS) is 1. The average Bonchev–Trinajstić information content (AvgIpc) is 2.88. The largest absolute Gasteiger partial charge is 0.484 e. The fourth-order valence-electron chi connectivity index (χ4n) is 4.03. The number of aliphatic hydroxyl groups is 1. The molecule has 0 unspecified atom stereocenters. The first-order valence-corrected chi connectivity index (χ1v) is 13.8. The van der Waals surface area contributed by atoms with E-state index in [0.717, 1.165) is 6.42 Å². The Bertz CT molecular complexity index is 907. The first kappa shape index (κ1) is 33.9. The van der Waals surface area contributed by atoms with Crippen molar-refractivity contribution < 1.29 is 34.1 Å². The van der Waals surface area contributed by atoms with E-state index in [1.165, 1.54) is 0 Å². The van der Waals surface area contributed by atoms with Crippen LogP contribution < -0.4 is 20.7 Å². The Labute approximate surface area is 232 Å². The minimum absolute atomic E-state index is 0.0308. The fraction of sp³-hybridized carbons (Fsp3) is 0.655. The van der Waals surface area contributed by atoms with Crippen molar-refractivity contribution in [3.05, 3.63) is 30.3 Å². The molecule has 0 saturated carbocycles. The molecule has 1 rings (SSSR count). The first-order valence-electron chi connectivity index (χ1n) is 13.8. The van der Waals surface area contributed by atoms with Crippen LogP contribution in [0.1, 0.15) is 67.2 Å². The van der Waals surface area contributed by atoms with E-state index in [-0.39, 0.29) is 24.2 Å². The molecule has 5 N–H and O–H groups in total. The summed E-state index contributed by atoms with van der Waals surface area (Å²) >= 11 is 0. The zero-order valence-corrected chi connectivity index (χ0v) is 24.1. The quantitative estimate of drug-likeness (QED) is 0.189. The molecule has 0 aliphatic rings. The number of aliphatic carboxylic acids is 1. The predicted molar refractivity (Wildman–Crippen MR) is 149 cm³/mol. The van der Waals surface area contributed by atoms with Gasteiger partial charge in [0.1, 0.15) is 11.8 Å². The Hall–Kier alpha value is -3.14. The number of carbonyl (C=O) groups excluding carboxylic acids is 3. The zero-order chi connectivity index (χ0) is 29.5. The minimum Gasteiger partial charge on any atom is -0.484 e. The van der Waals surface area contributed by atoms with Crippen molar-refractivity contribution >= 4 is 23.7 Å². The van der Waals surface area contributed by atoms with Crippen LogP contribution in [-0.4, -0.2) is 65.2 Å². The number of carboxylic acids is 1. The van der Waals surface area contributed by atoms with Gasteiger partial charge in [0.25, 0.3) is 5.91 Å². The molecule has 0 radical (unpaired) electrons. The Morgan fingerprint density at radius 3 is 2.10 bits per heavy atom. The number of benzene rings is 1. The van der Waals surface area contributed by atoms with Crippen LogP contribution >= 0.6 is 0 Å². The minimum atomic E-state index is -1.47. The predicted octanol–water partition coefficient (Wildman–Crippen LogP) is 2.74. The van der Waals surface area contributed by atoms with Gasteiger partial charge in [-0.25, -0.2) is 4.79 Å². The van der Waals surface area contributed by atoms with E-state index in [9.17, 15) is 29.4 Å². The number of hydrogen-bond donors (Lipinski definition) is 5. The maximum Gasteiger partial charge on any atom is 0.326 e. The van der Waals surface area contributed by atoms with Crippen molar-refractivity contribution in [1.29, 1.82) is 0 Å². The Kier molecular flexibility index (Phi) is 15.2. The molecule has 0 spiro atoms. The van der Waals surface area contributed by atoms with E-state index >= 15 is 0 Å². The van der Waals surface area contributed by atoms with Crippen LogP contribution in [0.2, 0.25) is 0 Å². The molecule has 5 atom stereocenters. The highest BCUT2D eigenvalue weighted by Crippen LogP contribution is 2.22. The second kappa shape index (κ2) is 17.4. The summed E-state index contributed by atoms with van der Waals surface area (Å²) in [7, 11) is 0. The summed E-state index contributed by atoms with van der Waals surface area (Å²) in [4.78, 5) is 49.7. The lowest BCUT2D eigenvalue weighted by molar-refractivity contribution is -0.144. The van der Waals surface area contributed by atoms with Crippen LogP contribution in [0.15, 0.2) is 30.3 Å². The third-order valence-electron chi connectivity index (χ3n) is 6.63. The van der Waals surface area contributed by atoms with Crippen molar-refractivity contribution in [3.63, 3.8) is 0 Å². The summed E-state index contributed by atoms with van der Waals surface area (Å²) in [5.41, 5.74) is 0. The zero-order valence-electron chi connectivity index (χ0n) is 24.1. The normalized spacial score (nSPS) is 15.1. The van der Waals surface area contributed by atoms with Gasteiger partial charge in [0, 0.05) is 12.5 Å². The van der Waals surface area contributed by atoms with Crippen LogP contribution in [0, 0.1) is 23.7 Å². The Balaban J connectivity index is 2.80. The highest BCUT2D eigenvalue weighted by atomic mass is 16.5. The smallest absolute Gasteiger partial charge is 0.326 e. The van der Waals surface area contributed by atoms with Gasteiger partial charge in [0.05, 0.1) is 18.6 Å². The van der Waals surface area contributed by atoms with Crippen LogP contribution in [0.5, 0.6) is 5.75 Å². The molecule has 10 heteroatoms. The summed E-state index contributed by atoms with van der Waals surface area (Å²) in [6.07, 6.45) is -0.0132. The van der Waals surface area contributed by atoms with Gasteiger partial charge in [-0.05, 0) is 42.7 Å². The molecule has 3 amide bonds. The topological polar surface area (TPSA) is 154 Å².